The van der Waals surface area contributed by atoms with Gasteiger partial charge in [-0.3, -0.25) is 4.79 Å². The summed E-state index contributed by atoms with van der Waals surface area (Å²) in [7, 11) is 1.57. The van der Waals surface area contributed by atoms with E-state index in [1.165, 1.54) is 0 Å². The Morgan fingerprint density at radius 1 is 1.35 bits per heavy atom. The van der Waals surface area contributed by atoms with Crippen molar-refractivity contribution in [3.63, 3.8) is 0 Å². The van der Waals surface area contributed by atoms with Crippen molar-refractivity contribution >= 4 is 11.9 Å². The van der Waals surface area contributed by atoms with Crippen LogP contribution in [0.2, 0.25) is 0 Å². The van der Waals surface area contributed by atoms with Crippen LogP contribution in [0.5, 0.6) is 5.75 Å². The van der Waals surface area contributed by atoms with Gasteiger partial charge in [-0.1, -0.05) is 13.0 Å². The molecule has 0 heterocycles. The minimum absolute atomic E-state index is 0.325. The topological polar surface area (TPSA) is 84.9 Å². The Kier molecular flexibility index (Phi) is 6.52. The molecule has 0 radical (unpaired) electrons. The Morgan fingerprint density at radius 3 is 2.70 bits per heavy atom. The monoisotopic (exact) mass is 281 g/mol. The van der Waals surface area contributed by atoms with Gasteiger partial charge in [0.1, 0.15) is 18.4 Å². The van der Waals surface area contributed by atoms with E-state index < -0.39 is 17.9 Å². The van der Waals surface area contributed by atoms with Crippen molar-refractivity contribution in [2.75, 3.05) is 20.3 Å². The second-order valence-electron chi connectivity index (χ2n) is 4.14. The van der Waals surface area contributed by atoms with E-state index in [4.69, 9.17) is 14.6 Å². The van der Waals surface area contributed by atoms with Crippen LogP contribution in [0.4, 0.5) is 0 Å². The summed E-state index contributed by atoms with van der Waals surface area (Å²) < 4.78 is 10.3. The lowest BCUT2D eigenvalue weighted by Gasteiger charge is -2.13. The van der Waals surface area contributed by atoms with Gasteiger partial charge in [0.2, 0.25) is 0 Å². The molecule has 1 rings (SSSR count). The summed E-state index contributed by atoms with van der Waals surface area (Å²) in [5.74, 6) is -0.942. The van der Waals surface area contributed by atoms with Gasteiger partial charge in [-0.2, -0.15) is 0 Å². The number of rotatable bonds is 8. The summed E-state index contributed by atoms with van der Waals surface area (Å²) >= 11 is 0. The Bertz CT molecular complexity index is 461. The zero-order valence-electron chi connectivity index (χ0n) is 11.6. The largest absolute Gasteiger partial charge is 0.491 e. The van der Waals surface area contributed by atoms with E-state index in [9.17, 15) is 9.59 Å². The first-order valence-electron chi connectivity index (χ1n) is 6.34. The number of carboxylic acid groups (broad SMARTS) is 1. The number of methoxy groups -OCH3 is 1. The number of nitrogens with one attached hydrogen (secondary N) is 1. The first-order chi connectivity index (χ1) is 9.58. The number of carbonyl (C=O) groups excluding carboxylic acids is 1. The van der Waals surface area contributed by atoms with E-state index in [0.29, 0.717) is 30.9 Å². The fourth-order valence-electron chi connectivity index (χ4n) is 1.55. The molecule has 1 aromatic rings. The quantitative estimate of drug-likeness (QED) is 0.702. The van der Waals surface area contributed by atoms with Gasteiger partial charge in [0.05, 0.1) is 6.61 Å². The molecule has 0 bridgehead atoms. The Labute approximate surface area is 117 Å². The molecule has 20 heavy (non-hydrogen) atoms. The molecule has 1 unspecified atom stereocenters. The first kappa shape index (κ1) is 16.0. The molecular formula is C14H19NO5. The van der Waals surface area contributed by atoms with Gasteiger partial charge in [-0.15, -0.1) is 0 Å². The van der Waals surface area contributed by atoms with Crippen LogP contribution in [0, 0.1) is 0 Å². The second kappa shape index (κ2) is 8.16. The van der Waals surface area contributed by atoms with Gasteiger partial charge in [0.25, 0.3) is 5.91 Å². The zero-order chi connectivity index (χ0) is 15.0. The minimum Gasteiger partial charge on any atom is -0.491 e. The highest BCUT2D eigenvalue weighted by molar-refractivity contribution is 5.96. The maximum Gasteiger partial charge on any atom is 0.326 e. The average molecular weight is 281 g/mol. The van der Waals surface area contributed by atoms with Crippen LogP contribution in [0.3, 0.4) is 0 Å². The lowest BCUT2D eigenvalue weighted by Crippen LogP contribution is -2.40. The highest BCUT2D eigenvalue weighted by Crippen LogP contribution is 2.13. The summed E-state index contributed by atoms with van der Waals surface area (Å²) in [6.45, 7) is 2.53. The van der Waals surface area contributed by atoms with Crippen LogP contribution >= 0.6 is 0 Å². The summed E-state index contributed by atoms with van der Waals surface area (Å²) in [5, 5.41) is 11.4. The van der Waals surface area contributed by atoms with E-state index in [-0.39, 0.29) is 0 Å². The lowest BCUT2D eigenvalue weighted by molar-refractivity contribution is -0.139. The highest BCUT2D eigenvalue weighted by Gasteiger charge is 2.18. The van der Waals surface area contributed by atoms with Crippen molar-refractivity contribution in [1.82, 2.24) is 5.32 Å². The van der Waals surface area contributed by atoms with E-state index in [1.54, 1.807) is 38.3 Å². The molecule has 2 N–H and O–H groups in total. The normalized spacial score (nSPS) is 11.7. The maximum atomic E-state index is 11.9. The smallest absolute Gasteiger partial charge is 0.326 e. The fourth-order valence-corrected chi connectivity index (χ4v) is 1.55. The number of carboxylic acids is 1. The van der Waals surface area contributed by atoms with E-state index in [1.807, 2.05) is 0 Å². The summed E-state index contributed by atoms with van der Waals surface area (Å²) in [5.41, 5.74) is 0.361. The van der Waals surface area contributed by atoms with Gasteiger partial charge in [0, 0.05) is 12.7 Å². The van der Waals surface area contributed by atoms with Crippen LogP contribution in [-0.4, -0.2) is 43.3 Å². The molecule has 0 fully saturated rings. The van der Waals surface area contributed by atoms with Crippen molar-refractivity contribution in [1.29, 1.82) is 0 Å². The van der Waals surface area contributed by atoms with Crippen LogP contribution in [-0.2, 0) is 9.53 Å². The number of benzene rings is 1. The van der Waals surface area contributed by atoms with Gasteiger partial charge >= 0.3 is 5.97 Å². The third-order valence-corrected chi connectivity index (χ3v) is 2.66. The van der Waals surface area contributed by atoms with Crippen LogP contribution in [0.15, 0.2) is 24.3 Å². The molecule has 0 spiro atoms. The van der Waals surface area contributed by atoms with Crippen molar-refractivity contribution in [3.05, 3.63) is 29.8 Å². The van der Waals surface area contributed by atoms with Gasteiger partial charge < -0.3 is 19.9 Å². The summed E-state index contributed by atoms with van der Waals surface area (Å²) in [6, 6.07) is 5.69. The lowest BCUT2D eigenvalue weighted by atomic mass is 10.1. The van der Waals surface area contributed by atoms with Crippen LogP contribution in [0.25, 0.3) is 0 Å². The van der Waals surface area contributed by atoms with E-state index in [2.05, 4.69) is 5.32 Å². The maximum absolute atomic E-state index is 11.9. The minimum atomic E-state index is -1.05. The van der Waals surface area contributed by atoms with Crippen LogP contribution < -0.4 is 10.1 Å². The third kappa shape index (κ3) is 4.89. The van der Waals surface area contributed by atoms with Crippen molar-refractivity contribution in [2.24, 2.45) is 0 Å². The number of aliphatic carboxylic acids is 1. The molecule has 6 heteroatoms. The molecule has 1 aromatic carbocycles. The van der Waals surface area contributed by atoms with Crippen molar-refractivity contribution in [3.8, 4) is 5.75 Å². The SMILES string of the molecule is CCC(NC(=O)c1cccc(OCCOC)c1)C(=O)O. The highest BCUT2D eigenvalue weighted by atomic mass is 16.5. The van der Waals surface area contributed by atoms with E-state index >= 15 is 0 Å². The molecule has 0 saturated carbocycles. The summed E-state index contributed by atoms with van der Waals surface area (Å²) in [6.07, 6.45) is 0.325. The Morgan fingerprint density at radius 2 is 2.10 bits per heavy atom. The molecule has 0 aliphatic carbocycles. The molecule has 6 nitrogen and oxygen atoms in total. The number of hydrogen-bond acceptors (Lipinski definition) is 4. The number of carbonyl (C=O) groups is 2. The number of hydrogen-bond donors (Lipinski definition) is 2. The third-order valence-electron chi connectivity index (χ3n) is 2.66. The zero-order valence-corrected chi connectivity index (χ0v) is 11.6. The molecule has 0 aliphatic heterocycles. The van der Waals surface area contributed by atoms with Crippen molar-refractivity contribution < 1.29 is 24.2 Å². The first-order valence-corrected chi connectivity index (χ1v) is 6.34. The predicted molar refractivity (Wildman–Crippen MR) is 73.0 cm³/mol. The van der Waals surface area contributed by atoms with Crippen LogP contribution in [0.1, 0.15) is 23.7 Å². The molecule has 110 valence electrons. The second-order valence-corrected chi connectivity index (χ2v) is 4.14. The average Bonchev–Trinajstić information content (AvgIpc) is 2.44. The molecule has 1 atom stereocenters. The molecule has 0 aliphatic rings. The molecule has 0 aromatic heterocycles. The fraction of sp³-hybridized carbons (Fsp3) is 0.429. The van der Waals surface area contributed by atoms with E-state index in [0.717, 1.165) is 0 Å². The van der Waals surface area contributed by atoms with Gasteiger partial charge in [-0.25, -0.2) is 4.79 Å². The van der Waals surface area contributed by atoms with Gasteiger partial charge in [0.15, 0.2) is 0 Å². The number of amides is 1. The molecule has 1 amide bonds. The standard InChI is InChI=1S/C14H19NO5/c1-3-12(14(17)18)15-13(16)10-5-4-6-11(9-10)20-8-7-19-2/h4-6,9,12H,3,7-8H2,1-2H3,(H,15,16)(H,17,18). The molecular weight excluding hydrogens is 262 g/mol. The number of ether oxygens (including phenoxy) is 2. The summed E-state index contributed by atoms with van der Waals surface area (Å²) in [4.78, 5) is 22.8. The Balaban J connectivity index is 2.68. The predicted octanol–water partition coefficient (Wildman–Crippen LogP) is 1.30. The van der Waals surface area contributed by atoms with Gasteiger partial charge in [-0.05, 0) is 24.6 Å². The van der Waals surface area contributed by atoms with Crippen molar-refractivity contribution in [2.45, 2.75) is 19.4 Å². The molecule has 0 saturated heterocycles. The Hall–Kier alpha value is -2.08.